The maximum atomic E-state index is 12.3. The van der Waals surface area contributed by atoms with Crippen molar-refractivity contribution >= 4 is 17.4 Å². The van der Waals surface area contributed by atoms with Crippen LogP contribution in [-0.2, 0) is 16.0 Å². The van der Waals surface area contributed by atoms with E-state index in [1.165, 1.54) is 0 Å². The summed E-state index contributed by atoms with van der Waals surface area (Å²) < 4.78 is 10.9. The molecular formula is C21H33NO4. The molecule has 1 aromatic rings. The molecule has 0 aromatic heterocycles. The summed E-state index contributed by atoms with van der Waals surface area (Å²) >= 11 is 0. The normalized spacial score (nSPS) is 11.8. The van der Waals surface area contributed by atoms with Crippen LogP contribution in [0.15, 0.2) is 12.1 Å². The van der Waals surface area contributed by atoms with Crippen molar-refractivity contribution in [2.75, 3.05) is 19.5 Å². The number of Topliss-reactive ketones (excluding diaryl/α,β-unsaturated/α-hetero) is 1. The van der Waals surface area contributed by atoms with Gasteiger partial charge in [0.1, 0.15) is 17.3 Å². The van der Waals surface area contributed by atoms with E-state index in [1.54, 1.807) is 26.4 Å². The Kier molecular flexibility index (Phi) is 7.25. The largest absolute Gasteiger partial charge is 0.496 e. The fourth-order valence-corrected chi connectivity index (χ4v) is 2.74. The molecule has 0 unspecified atom stereocenters. The molecule has 1 aromatic carbocycles. The molecule has 0 heterocycles. The molecule has 0 atom stereocenters. The molecule has 5 heteroatoms. The fourth-order valence-electron chi connectivity index (χ4n) is 2.74. The highest BCUT2D eigenvalue weighted by Crippen LogP contribution is 2.34. The van der Waals surface area contributed by atoms with Gasteiger partial charge in [-0.05, 0) is 16.9 Å². The lowest BCUT2D eigenvalue weighted by Gasteiger charge is -2.20. The van der Waals surface area contributed by atoms with Crippen LogP contribution in [0.1, 0.15) is 59.9 Å². The lowest BCUT2D eigenvalue weighted by Crippen LogP contribution is -2.20. The minimum Gasteiger partial charge on any atom is -0.496 e. The topological polar surface area (TPSA) is 64.6 Å². The summed E-state index contributed by atoms with van der Waals surface area (Å²) in [4.78, 5) is 24.6. The number of amides is 1. The van der Waals surface area contributed by atoms with Crippen molar-refractivity contribution in [2.24, 2.45) is 10.8 Å². The lowest BCUT2D eigenvalue weighted by molar-refractivity contribution is -0.120. The molecule has 146 valence electrons. The third-order valence-electron chi connectivity index (χ3n) is 3.68. The summed E-state index contributed by atoms with van der Waals surface area (Å²) in [6, 6.07) is 3.49. The van der Waals surface area contributed by atoms with Crippen LogP contribution >= 0.6 is 0 Å². The monoisotopic (exact) mass is 363 g/mol. The predicted molar refractivity (Wildman–Crippen MR) is 105 cm³/mol. The molecule has 1 N–H and O–H groups in total. The van der Waals surface area contributed by atoms with Gasteiger partial charge in [0.25, 0.3) is 0 Å². The first-order valence-electron chi connectivity index (χ1n) is 8.91. The maximum absolute atomic E-state index is 12.3. The molecule has 0 aliphatic rings. The molecule has 1 amide bonds. The highest BCUT2D eigenvalue weighted by atomic mass is 16.5. The van der Waals surface area contributed by atoms with Crippen molar-refractivity contribution in [1.29, 1.82) is 0 Å². The number of carbonyl (C=O) groups is 2. The molecular weight excluding hydrogens is 330 g/mol. The Morgan fingerprint density at radius 1 is 0.885 bits per heavy atom. The number of methoxy groups -OCH3 is 2. The minimum atomic E-state index is -0.110. The van der Waals surface area contributed by atoms with Gasteiger partial charge in [-0.15, -0.1) is 0 Å². The summed E-state index contributed by atoms with van der Waals surface area (Å²) in [5, 5.41) is 2.88. The maximum Gasteiger partial charge on any atom is 0.225 e. The highest BCUT2D eigenvalue weighted by Gasteiger charge is 2.21. The number of nitrogens with one attached hydrogen (secondary N) is 1. The Morgan fingerprint density at radius 2 is 1.42 bits per heavy atom. The zero-order valence-corrected chi connectivity index (χ0v) is 17.4. The van der Waals surface area contributed by atoms with E-state index in [-0.39, 0.29) is 28.9 Å². The van der Waals surface area contributed by atoms with Crippen LogP contribution < -0.4 is 14.8 Å². The van der Waals surface area contributed by atoms with E-state index in [0.29, 0.717) is 30.0 Å². The fraction of sp³-hybridized carbons (Fsp3) is 0.619. The number of hydrogen-bond acceptors (Lipinski definition) is 4. The first kappa shape index (κ1) is 22.0. The van der Waals surface area contributed by atoms with Crippen molar-refractivity contribution in [2.45, 2.75) is 60.8 Å². The van der Waals surface area contributed by atoms with Crippen molar-refractivity contribution in [1.82, 2.24) is 0 Å². The third-order valence-corrected chi connectivity index (χ3v) is 3.68. The first-order chi connectivity index (χ1) is 11.8. The summed E-state index contributed by atoms with van der Waals surface area (Å²) in [5.74, 6) is 1.14. The molecule has 0 radical (unpaired) electrons. The van der Waals surface area contributed by atoms with E-state index >= 15 is 0 Å². The number of carbonyl (C=O) groups excluding carboxylic acids is 2. The van der Waals surface area contributed by atoms with Gasteiger partial charge in [-0.25, -0.2) is 0 Å². The average Bonchev–Trinajstić information content (AvgIpc) is 2.44. The number of benzene rings is 1. The molecule has 0 aliphatic heterocycles. The van der Waals surface area contributed by atoms with Crippen LogP contribution in [-0.4, -0.2) is 25.9 Å². The molecule has 1 rings (SSSR count). The Bertz CT molecular complexity index is 593. The van der Waals surface area contributed by atoms with Gasteiger partial charge in [0.05, 0.1) is 19.9 Å². The smallest absolute Gasteiger partial charge is 0.225 e. The van der Waals surface area contributed by atoms with Gasteiger partial charge in [0.15, 0.2) is 0 Å². The molecule has 5 nitrogen and oxygen atoms in total. The van der Waals surface area contributed by atoms with Crippen molar-refractivity contribution in [3.8, 4) is 11.5 Å². The zero-order chi connectivity index (χ0) is 20.1. The molecule has 0 aliphatic carbocycles. The van der Waals surface area contributed by atoms with E-state index in [0.717, 1.165) is 5.56 Å². The molecule has 0 saturated heterocycles. The van der Waals surface area contributed by atoms with E-state index in [9.17, 15) is 9.59 Å². The van der Waals surface area contributed by atoms with Crippen LogP contribution in [0.2, 0.25) is 0 Å². The Labute approximate surface area is 157 Å². The van der Waals surface area contributed by atoms with E-state index in [1.807, 2.05) is 41.5 Å². The SMILES string of the molecule is COc1cc(NC(=O)CC(C)(C)C)c(OC)cc1CC(=O)CC(C)(C)C. The zero-order valence-electron chi connectivity index (χ0n) is 17.4. The number of ketones is 1. The van der Waals surface area contributed by atoms with Gasteiger partial charge in [-0.2, -0.15) is 0 Å². The summed E-state index contributed by atoms with van der Waals surface area (Å²) in [6.45, 7) is 12.1. The molecule has 0 spiro atoms. The van der Waals surface area contributed by atoms with E-state index < -0.39 is 0 Å². The minimum absolute atomic E-state index is 0.0602. The number of anilines is 1. The van der Waals surface area contributed by atoms with Crippen molar-refractivity contribution in [3.05, 3.63) is 17.7 Å². The van der Waals surface area contributed by atoms with Crippen LogP contribution in [0.3, 0.4) is 0 Å². The lowest BCUT2D eigenvalue weighted by atomic mass is 9.88. The Morgan fingerprint density at radius 3 is 1.88 bits per heavy atom. The number of rotatable bonds is 7. The standard InChI is InChI=1S/C21H33NO4/c1-20(2,3)12-15(23)9-14-10-18(26-8)16(11-17(14)25-7)22-19(24)13-21(4,5)6/h10-11H,9,12-13H2,1-8H3,(H,22,24). The van der Waals surface area contributed by atoms with Gasteiger partial charge < -0.3 is 14.8 Å². The van der Waals surface area contributed by atoms with Crippen molar-refractivity contribution < 1.29 is 19.1 Å². The van der Waals surface area contributed by atoms with Crippen LogP contribution in [0.4, 0.5) is 5.69 Å². The van der Waals surface area contributed by atoms with Crippen molar-refractivity contribution in [3.63, 3.8) is 0 Å². The Hall–Kier alpha value is -2.04. The van der Waals surface area contributed by atoms with Crippen LogP contribution in [0.25, 0.3) is 0 Å². The van der Waals surface area contributed by atoms with Crippen LogP contribution in [0.5, 0.6) is 11.5 Å². The summed E-state index contributed by atoms with van der Waals surface area (Å²) in [5.41, 5.74) is 1.13. The quantitative estimate of drug-likeness (QED) is 0.767. The van der Waals surface area contributed by atoms with Gasteiger partial charge in [0, 0.05) is 30.9 Å². The molecule has 0 saturated carbocycles. The molecule has 0 fully saturated rings. The van der Waals surface area contributed by atoms with Crippen LogP contribution in [0, 0.1) is 10.8 Å². The van der Waals surface area contributed by atoms with Gasteiger partial charge >= 0.3 is 0 Å². The summed E-state index contributed by atoms with van der Waals surface area (Å²) in [6.07, 6.45) is 1.15. The molecule has 0 bridgehead atoms. The number of ether oxygens (including phenoxy) is 2. The van der Waals surface area contributed by atoms with Gasteiger partial charge in [-0.1, -0.05) is 41.5 Å². The van der Waals surface area contributed by atoms with Gasteiger partial charge in [-0.3, -0.25) is 9.59 Å². The summed E-state index contributed by atoms with van der Waals surface area (Å²) in [7, 11) is 3.10. The second-order valence-corrected chi connectivity index (χ2v) is 9.10. The Balaban J connectivity index is 3.06. The average molecular weight is 363 g/mol. The van der Waals surface area contributed by atoms with E-state index in [2.05, 4.69) is 5.32 Å². The second-order valence-electron chi connectivity index (χ2n) is 9.10. The number of hydrogen-bond donors (Lipinski definition) is 1. The first-order valence-corrected chi connectivity index (χ1v) is 8.91. The van der Waals surface area contributed by atoms with E-state index in [4.69, 9.17) is 9.47 Å². The molecule has 26 heavy (non-hydrogen) atoms. The predicted octanol–water partition coefficient (Wildman–Crippen LogP) is 4.63. The second kappa shape index (κ2) is 8.56. The van der Waals surface area contributed by atoms with Gasteiger partial charge in [0.2, 0.25) is 5.91 Å². The third kappa shape index (κ3) is 7.46. The highest BCUT2D eigenvalue weighted by molar-refractivity contribution is 5.93.